The van der Waals surface area contributed by atoms with Crippen molar-refractivity contribution in [3.8, 4) is 57.3 Å². The number of aliphatic hydroxyl groups excluding tert-OH is 9. The Morgan fingerprint density at radius 1 is 0.547 bits per heavy atom. The summed E-state index contributed by atoms with van der Waals surface area (Å²) in [5, 5.41) is 158. The van der Waals surface area contributed by atoms with Gasteiger partial charge in [-0.3, -0.25) is 0 Å². The van der Waals surface area contributed by atoms with Crippen LogP contribution in [0, 0.1) is 0 Å². The first-order valence-electron chi connectivity index (χ1n) is 22.7. The summed E-state index contributed by atoms with van der Waals surface area (Å²) in [6, 6.07) is 15.2. The molecule has 4 aromatic carbocycles. The summed E-state index contributed by atoms with van der Waals surface area (Å²) in [4.78, 5) is 25.7. The maximum atomic E-state index is 12.9. The largest absolute Gasteiger partial charge is 0.508 e. The second-order valence-corrected chi connectivity index (χ2v) is 17.4. The predicted octanol–water partition coefficient (Wildman–Crippen LogP) is -1.07. The van der Waals surface area contributed by atoms with Crippen molar-refractivity contribution in [2.75, 3.05) is 19.8 Å². The summed E-state index contributed by atoms with van der Waals surface area (Å²) in [6.07, 6.45) is -26.6. The zero-order valence-corrected chi connectivity index (χ0v) is 38.6. The molecule has 15 atom stereocenters. The summed E-state index contributed by atoms with van der Waals surface area (Å²) in [5.41, 5.74) is -0.0365. The Morgan fingerprint density at radius 2 is 1.13 bits per heavy atom. The van der Waals surface area contributed by atoms with Gasteiger partial charge in [0.15, 0.2) is 35.4 Å². The smallest absolute Gasteiger partial charge is 0.402 e. The van der Waals surface area contributed by atoms with Gasteiger partial charge >= 0.3 is 23.3 Å². The van der Waals surface area contributed by atoms with Crippen LogP contribution in [0.1, 0.15) is 15.9 Å². The molecule has 5 aromatic rings. The van der Waals surface area contributed by atoms with Crippen LogP contribution in [0.15, 0.2) is 89.4 Å². The Labute approximate surface area is 422 Å². The third-order valence-corrected chi connectivity index (χ3v) is 12.3. The van der Waals surface area contributed by atoms with Crippen molar-refractivity contribution in [1.82, 2.24) is 0 Å². The van der Waals surface area contributed by atoms with Crippen molar-refractivity contribution >= 4 is 29.0 Å². The van der Waals surface area contributed by atoms with Crippen LogP contribution in [0.25, 0.3) is 28.4 Å². The molecule has 3 saturated heterocycles. The molecule has 0 bridgehead atoms. The van der Waals surface area contributed by atoms with Crippen LogP contribution >= 0.6 is 0 Å². The molecule has 26 nitrogen and oxygen atoms in total. The van der Waals surface area contributed by atoms with Crippen LogP contribution in [-0.2, 0) is 33.2 Å². The van der Waals surface area contributed by atoms with Crippen molar-refractivity contribution in [3.05, 3.63) is 96.1 Å². The van der Waals surface area contributed by atoms with E-state index < -0.39 is 158 Å². The molecule has 75 heavy (non-hydrogen) atoms. The number of aliphatic hydroxyl groups is 9. The minimum Gasteiger partial charge on any atom is -0.508 e. The molecule has 26 heteroatoms. The Hall–Kier alpha value is -7.15. The summed E-state index contributed by atoms with van der Waals surface area (Å²) < 4.78 is 52.4. The molecule has 3 aliphatic rings. The molecule has 0 amide bonds. The van der Waals surface area contributed by atoms with Crippen LogP contribution in [0.4, 0.5) is 0 Å². The highest BCUT2D eigenvalue weighted by molar-refractivity contribution is 5.90. The van der Waals surface area contributed by atoms with E-state index in [-0.39, 0.29) is 44.9 Å². The van der Waals surface area contributed by atoms with E-state index in [1.165, 1.54) is 48.5 Å². The Kier molecular flexibility index (Phi) is 16.4. The Bertz CT molecular complexity index is 2860. The van der Waals surface area contributed by atoms with Gasteiger partial charge in [0.25, 0.3) is 0 Å². The van der Waals surface area contributed by atoms with E-state index in [0.29, 0.717) is 0 Å². The Morgan fingerprint density at radius 3 is 1.80 bits per heavy atom. The zero-order chi connectivity index (χ0) is 54.0. The van der Waals surface area contributed by atoms with E-state index >= 15 is 0 Å². The fraction of sp³-hybridized carbons (Fsp3) is 0.367. The van der Waals surface area contributed by atoms with E-state index in [4.69, 9.17) is 42.3 Å². The molecule has 0 radical (unpaired) electrons. The number of hydrogen-bond donors (Lipinski definition) is 15. The van der Waals surface area contributed by atoms with E-state index in [0.717, 1.165) is 42.5 Å². The highest BCUT2D eigenvalue weighted by atomic mass is 16.8. The van der Waals surface area contributed by atoms with Crippen molar-refractivity contribution in [2.45, 2.75) is 92.1 Å². The molecule has 3 fully saturated rings. The first-order valence-corrected chi connectivity index (χ1v) is 22.7. The van der Waals surface area contributed by atoms with Gasteiger partial charge < -0.3 is 114 Å². The second kappa shape index (κ2) is 22.8. The molecule has 3 aliphatic heterocycles. The van der Waals surface area contributed by atoms with Crippen molar-refractivity contribution in [2.24, 2.45) is 0 Å². The van der Waals surface area contributed by atoms with Gasteiger partial charge in [-0.25, -0.2) is 14.0 Å². The van der Waals surface area contributed by atoms with Gasteiger partial charge in [0.1, 0.15) is 103 Å². The number of benzene rings is 4. The molecule has 4 heterocycles. The number of carbonyl (C=O) groups excluding carboxylic acids is 2. The standard InChI is InChI=1S/C49H50O26/c50-16-32-36(58)39(61)42(64)47(72-32)70-30-14-23(52)13-29-24(30)15-31(44(69-29)21-5-9-26(54)28(56)12-21)71-49-45(41(63)38(60)33(74-49)17-67-35(57)10-2-19-1-8-25(53)27(55)11-19)75-48-43(65)40(62)37(59)34(73-48)18-68-46(66)20-3-6-22(51)7-4-20/h1-15,32-34,36-43,45,47-50,58-65H,16-18H2,(H5-,51,52,53,54,55,56,57,66)/p+1. The number of rotatable bonds is 15. The highest BCUT2D eigenvalue weighted by Crippen LogP contribution is 2.44. The average molecular weight is 1060 g/mol. The van der Waals surface area contributed by atoms with E-state index in [2.05, 4.69) is 0 Å². The number of ether oxygens (including phenoxy) is 8. The lowest BCUT2D eigenvalue weighted by molar-refractivity contribution is -0.357. The quantitative estimate of drug-likeness (QED) is 0.0257. The number of esters is 2. The second-order valence-electron chi connectivity index (χ2n) is 17.4. The third kappa shape index (κ3) is 11.9. The van der Waals surface area contributed by atoms with Gasteiger partial charge in [-0.1, -0.05) is 6.07 Å². The molecular weight excluding hydrogens is 1000 g/mol. The number of phenolic OH excluding ortho intramolecular Hbond substituents is 6. The van der Waals surface area contributed by atoms with Crippen LogP contribution in [0.3, 0.4) is 0 Å². The first kappa shape index (κ1) is 54.1. The van der Waals surface area contributed by atoms with Crippen molar-refractivity contribution < 1.29 is 128 Å². The summed E-state index contributed by atoms with van der Waals surface area (Å²) in [5.74, 6) is -5.96. The molecule has 15 N–H and O–H groups in total. The third-order valence-electron chi connectivity index (χ3n) is 12.3. The first-order chi connectivity index (χ1) is 35.7. The summed E-state index contributed by atoms with van der Waals surface area (Å²) in [6.45, 7) is -2.42. The number of hydrogen-bond acceptors (Lipinski definition) is 25. The van der Waals surface area contributed by atoms with E-state index in [1.54, 1.807) is 0 Å². The Balaban J connectivity index is 1.15. The molecule has 8 rings (SSSR count). The summed E-state index contributed by atoms with van der Waals surface area (Å²) >= 11 is 0. The molecule has 15 unspecified atom stereocenters. The van der Waals surface area contributed by atoms with Crippen molar-refractivity contribution in [3.63, 3.8) is 0 Å². The number of aromatic hydroxyl groups is 6. The van der Waals surface area contributed by atoms with Gasteiger partial charge in [0.2, 0.25) is 18.3 Å². The fourth-order valence-corrected chi connectivity index (χ4v) is 8.10. The zero-order valence-electron chi connectivity index (χ0n) is 38.6. The predicted molar refractivity (Wildman–Crippen MR) is 246 cm³/mol. The van der Waals surface area contributed by atoms with E-state index in [1.807, 2.05) is 0 Å². The van der Waals surface area contributed by atoms with Crippen LogP contribution in [-0.4, -0.2) is 200 Å². The number of fused-ring (bicyclic) bond motifs is 1. The lowest BCUT2D eigenvalue weighted by Gasteiger charge is -2.45. The number of phenols is 6. The van der Waals surface area contributed by atoms with Gasteiger partial charge in [0.05, 0.1) is 23.8 Å². The van der Waals surface area contributed by atoms with Crippen LogP contribution < -0.4 is 9.47 Å². The van der Waals surface area contributed by atoms with E-state index in [9.17, 15) is 86.2 Å². The lowest BCUT2D eigenvalue weighted by Crippen LogP contribution is -2.65. The van der Waals surface area contributed by atoms with Gasteiger partial charge in [0, 0.05) is 24.3 Å². The van der Waals surface area contributed by atoms with Crippen LogP contribution in [0.2, 0.25) is 0 Å². The average Bonchev–Trinajstić information content (AvgIpc) is 3.39. The lowest BCUT2D eigenvalue weighted by atomic mass is 9.97. The molecule has 0 spiro atoms. The van der Waals surface area contributed by atoms with Gasteiger partial charge in [-0.05, 0) is 60.2 Å². The molecule has 0 saturated carbocycles. The molecule has 1 aromatic heterocycles. The van der Waals surface area contributed by atoms with Gasteiger partial charge in [-0.15, -0.1) is 0 Å². The van der Waals surface area contributed by atoms with Crippen LogP contribution in [0.5, 0.6) is 46.0 Å². The normalized spacial score (nSPS) is 30.0. The SMILES string of the molecule is O=C(/C=C/c1ccc(O)c(O)c1)OCC1OC(Oc2cc3c(OC4OC(CO)C(O)C(O)C4O)cc(O)cc3[o+]c2-c2ccc(O)c(O)c2)C(OC2OC(COC(=O)c3ccc(O)cc3)C(O)C(O)C2O)C(O)C1O. The maximum Gasteiger partial charge on any atom is 0.402 e. The number of carbonyl (C=O) groups is 2. The summed E-state index contributed by atoms with van der Waals surface area (Å²) in [7, 11) is 0. The van der Waals surface area contributed by atoms with Gasteiger partial charge in [-0.2, -0.15) is 0 Å². The van der Waals surface area contributed by atoms with Crippen molar-refractivity contribution in [1.29, 1.82) is 0 Å². The fourth-order valence-electron chi connectivity index (χ4n) is 8.10. The minimum absolute atomic E-state index is 0.0245. The monoisotopic (exact) mass is 1060 g/mol. The molecule has 402 valence electrons. The molecule has 0 aliphatic carbocycles. The minimum atomic E-state index is -2.17. The topological polar surface area (TPSA) is 423 Å². The molecular formula is C49H51O26+. The highest BCUT2D eigenvalue weighted by Gasteiger charge is 2.53. The maximum absolute atomic E-state index is 12.9.